The maximum atomic E-state index is 6.20. The molecule has 3 fully saturated rings. The standard InChI is InChI=1S/C30H43ClN6S/c1-22-12-17-36(18-13-22)26-19-27(37-16-6-7-23(2)20-37)34-28(33-26)35-29(38)32-21-30(14-4-3-5-15-30)24-8-10-25(31)11-9-24/h8-11,19,22-23H,3-7,12-18,20-21H2,1-2H3,(H2,32,33,34,35,38)/t23-/m1/s1. The van der Waals surface area contributed by atoms with E-state index in [0.717, 1.165) is 68.1 Å². The molecule has 2 aromatic rings. The largest absolute Gasteiger partial charge is 0.361 e. The summed E-state index contributed by atoms with van der Waals surface area (Å²) in [6, 6.07) is 10.6. The average Bonchev–Trinajstić information content (AvgIpc) is 2.93. The van der Waals surface area contributed by atoms with Crippen molar-refractivity contribution in [1.82, 2.24) is 15.3 Å². The maximum Gasteiger partial charge on any atom is 0.232 e. The van der Waals surface area contributed by atoms with Crippen molar-refractivity contribution < 1.29 is 0 Å². The summed E-state index contributed by atoms with van der Waals surface area (Å²) >= 11 is 12.0. The van der Waals surface area contributed by atoms with Crippen molar-refractivity contribution in [3.8, 4) is 0 Å². The van der Waals surface area contributed by atoms with Crippen LogP contribution in [0.3, 0.4) is 0 Å². The van der Waals surface area contributed by atoms with Crippen molar-refractivity contribution in [3.05, 3.63) is 40.9 Å². The molecule has 0 spiro atoms. The third-order valence-electron chi connectivity index (χ3n) is 8.87. The monoisotopic (exact) mass is 554 g/mol. The summed E-state index contributed by atoms with van der Waals surface area (Å²) in [5, 5.41) is 8.28. The van der Waals surface area contributed by atoms with Crippen LogP contribution in [0.2, 0.25) is 5.02 Å². The minimum Gasteiger partial charge on any atom is -0.361 e. The normalized spacial score (nSPS) is 22.2. The second-order valence-corrected chi connectivity index (χ2v) is 12.8. The summed E-state index contributed by atoms with van der Waals surface area (Å²) in [6.07, 6.45) is 11.0. The Hall–Kier alpha value is -2.12. The van der Waals surface area contributed by atoms with Crippen LogP contribution in [0.25, 0.3) is 0 Å². The number of nitrogens with one attached hydrogen (secondary N) is 2. The molecule has 8 heteroatoms. The number of piperidine rings is 2. The van der Waals surface area contributed by atoms with Gasteiger partial charge in [-0.2, -0.15) is 9.97 Å². The molecule has 1 aliphatic carbocycles. The highest BCUT2D eigenvalue weighted by Crippen LogP contribution is 2.39. The highest BCUT2D eigenvalue weighted by molar-refractivity contribution is 7.80. The number of hydrogen-bond acceptors (Lipinski definition) is 5. The first kappa shape index (κ1) is 27.4. The fourth-order valence-corrected chi connectivity index (χ4v) is 6.72. The molecule has 2 saturated heterocycles. The van der Waals surface area contributed by atoms with Gasteiger partial charge in [-0.15, -0.1) is 0 Å². The first-order chi connectivity index (χ1) is 18.4. The lowest BCUT2D eigenvalue weighted by atomic mass is 9.69. The van der Waals surface area contributed by atoms with Crippen LogP contribution in [0.15, 0.2) is 30.3 Å². The number of aromatic nitrogens is 2. The van der Waals surface area contributed by atoms with E-state index in [9.17, 15) is 0 Å². The van der Waals surface area contributed by atoms with Gasteiger partial charge >= 0.3 is 0 Å². The molecule has 6 nitrogen and oxygen atoms in total. The minimum absolute atomic E-state index is 0.0663. The van der Waals surface area contributed by atoms with Crippen molar-refractivity contribution in [2.75, 3.05) is 47.8 Å². The molecule has 5 rings (SSSR count). The van der Waals surface area contributed by atoms with Gasteiger partial charge in [0, 0.05) is 49.2 Å². The first-order valence-corrected chi connectivity index (χ1v) is 15.4. The second-order valence-electron chi connectivity index (χ2n) is 11.9. The third-order valence-corrected chi connectivity index (χ3v) is 9.37. The number of rotatable bonds is 6. The van der Waals surface area contributed by atoms with E-state index in [2.05, 4.69) is 52.5 Å². The molecule has 2 N–H and O–H groups in total. The second kappa shape index (κ2) is 12.4. The Morgan fingerprint density at radius 1 is 0.921 bits per heavy atom. The van der Waals surface area contributed by atoms with Crippen molar-refractivity contribution in [2.24, 2.45) is 11.8 Å². The van der Waals surface area contributed by atoms with Crippen LogP contribution in [0, 0.1) is 11.8 Å². The summed E-state index contributed by atoms with van der Waals surface area (Å²) in [7, 11) is 0. The average molecular weight is 555 g/mol. The van der Waals surface area contributed by atoms with Crippen LogP contribution in [-0.4, -0.2) is 47.8 Å². The molecular weight excluding hydrogens is 512 g/mol. The number of thiocarbonyl (C=S) groups is 1. The molecule has 1 atom stereocenters. The SMILES string of the molecule is CC1CCN(c2cc(N3CCC[C@@H](C)C3)nc(NC(=S)NCC3(c4ccc(Cl)cc4)CCCCC3)n2)CC1. The smallest absolute Gasteiger partial charge is 0.232 e. The summed E-state index contributed by atoms with van der Waals surface area (Å²) < 4.78 is 0. The van der Waals surface area contributed by atoms with Crippen molar-refractivity contribution in [3.63, 3.8) is 0 Å². The zero-order chi connectivity index (χ0) is 26.5. The quantitative estimate of drug-likeness (QED) is 0.381. The number of hydrogen-bond donors (Lipinski definition) is 2. The Labute approximate surface area is 238 Å². The van der Waals surface area contributed by atoms with Crippen molar-refractivity contribution >= 4 is 46.5 Å². The van der Waals surface area contributed by atoms with E-state index in [4.69, 9.17) is 33.8 Å². The van der Waals surface area contributed by atoms with Crippen LogP contribution in [0.5, 0.6) is 0 Å². The van der Waals surface area contributed by atoms with Crippen molar-refractivity contribution in [2.45, 2.75) is 77.0 Å². The van der Waals surface area contributed by atoms with E-state index < -0.39 is 0 Å². The molecule has 0 radical (unpaired) electrons. The van der Waals surface area contributed by atoms with Crippen LogP contribution in [0.4, 0.5) is 17.6 Å². The Bertz CT molecular complexity index is 1080. The fourth-order valence-electron chi connectivity index (χ4n) is 6.43. The zero-order valence-electron chi connectivity index (χ0n) is 23.0. The van der Waals surface area contributed by atoms with E-state index >= 15 is 0 Å². The van der Waals surface area contributed by atoms with Crippen LogP contribution >= 0.6 is 23.8 Å². The third kappa shape index (κ3) is 6.71. The lowest BCUT2D eigenvalue weighted by molar-refractivity contribution is 0.292. The number of anilines is 3. The number of benzene rings is 1. The summed E-state index contributed by atoms with van der Waals surface area (Å²) in [6.45, 7) is 9.64. The fraction of sp³-hybridized carbons (Fsp3) is 0.633. The van der Waals surface area contributed by atoms with Gasteiger partial charge in [0.15, 0.2) is 5.11 Å². The van der Waals surface area contributed by atoms with Gasteiger partial charge in [0.2, 0.25) is 5.95 Å². The topological polar surface area (TPSA) is 56.3 Å². The lowest BCUT2D eigenvalue weighted by Gasteiger charge is -2.38. The molecule has 1 aromatic carbocycles. The molecule has 0 amide bonds. The van der Waals surface area contributed by atoms with Crippen molar-refractivity contribution in [1.29, 1.82) is 0 Å². The molecule has 1 aromatic heterocycles. The summed E-state index contributed by atoms with van der Waals surface area (Å²) in [5.41, 5.74) is 1.41. The molecule has 206 valence electrons. The molecule has 38 heavy (non-hydrogen) atoms. The molecule has 0 unspecified atom stereocenters. The molecule has 0 bridgehead atoms. The van der Waals surface area contributed by atoms with Gasteiger partial charge in [0.25, 0.3) is 0 Å². The molecule has 1 saturated carbocycles. The minimum atomic E-state index is 0.0663. The zero-order valence-corrected chi connectivity index (χ0v) is 24.6. The predicted molar refractivity (Wildman–Crippen MR) is 164 cm³/mol. The highest BCUT2D eigenvalue weighted by Gasteiger charge is 2.34. The van der Waals surface area contributed by atoms with E-state index in [1.54, 1.807) is 0 Å². The van der Waals surface area contributed by atoms with E-state index in [1.807, 2.05) is 12.1 Å². The molecule has 3 heterocycles. The van der Waals surface area contributed by atoms with Gasteiger partial charge in [-0.3, -0.25) is 0 Å². The molecule has 2 aliphatic heterocycles. The lowest BCUT2D eigenvalue weighted by Crippen LogP contribution is -2.43. The van der Waals surface area contributed by atoms with Gasteiger partial charge < -0.3 is 20.4 Å². The van der Waals surface area contributed by atoms with Crippen LogP contribution in [0.1, 0.15) is 77.2 Å². The Balaban J connectivity index is 1.32. The van der Waals surface area contributed by atoms with E-state index in [1.165, 1.54) is 50.5 Å². The van der Waals surface area contributed by atoms with Gasteiger partial charge in [0.05, 0.1) is 0 Å². The predicted octanol–water partition coefficient (Wildman–Crippen LogP) is 6.79. The number of halogens is 1. The van der Waals surface area contributed by atoms with Gasteiger partial charge in [-0.05, 0) is 80.3 Å². The Kier molecular flexibility index (Phi) is 8.94. The Morgan fingerprint density at radius 2 is 1.61 bits per heavy atom. The summed E-state index contributed by atoms with van der Waals surface area (Å²) in [4.78, 5) is 14.7. The molecular formula is C30H43ClN6S. The highest BCUT2D eigenvalue weighted by atomic mass is 35.5. The molecule has 3 aliphatic rings. The van der Waals surface area contributed by atoms with Gasteiger partial charge in [0.1, 0.15) is 11.6 Å². The van der Waals surface area contributed by atoms with E-state index in [-0.39, 0.29) is 5.41 Å². The first-order valence-electron chi connectivity index (χ1n) is 14.6. The summed E-state index contributed by atoms with van der Waals surface area (Å²) in [5.74, 6) is 4.07. The number of nitrogens with zero attached hydrogens (tertiary/aromatic N) is 4. The van der Waals surface area contributed by atoms with Crippen LogP contribution < -0.4 is 20.4 Å². The van der Waals surface area contributed by atoms with Gasteiger partial charge in [-0.25, -0.2) is 0 Å². The van der Waals surface area contributed by atoms with Crippen LogP contribution in [-0.2, 0) is 5.41 Å². The van der Waals surface area contributed by atoms with Gasteiger partial charge in [-0.1, -0.05) is 56.8 Å². The Morgan fingerprint density at radius 3 is 2.29 bits per heavy atom. The maximum absolute atomic E-state index is 6.20. The van der Waals surface area contributed by atoms with E-state index in [0.29, 0.717) is 17.0 Å².